The average molecular weight is 401 g/mol. The molecule has 4 heterocycles. The number of halogens is 1. The summed E-state index contributed by atoms with van der Waals surface area (Å²) in [5.41, 5.74) is 1.90. The molecule has 5 nitrogen and oxygen atoms in total. The Kier molecular flexibility index (Phi) is 4.93. The van der Waals surface area contributed by atoms with E-state index in [9.17, 15) is 4.79 Å². The van der Waals surface area contributed by atoms with Gasteiger partial charge in [0.25, 0.3) is 5.91 Å². The molecular formula is C20H21ClN4OS. The highest BCUT2D eigenvalue weighted by molar-refractivity contribution is 7.15. The van der Waals surface area contributed by atoms with Crippen LogP contribution >= 0.6 is 22.9 Å². The molecule has 0 bridgehead atoms. The van der Waals surface area contributed by atoms with E-state index in [1.807, 2.05) is 53.0 Å². The third kappa shape index (κ3) is 3.47. The van der Waals surface area contributed by atoms with Crippen molar-refractivity contribution in [1.29, 1.82) is 0 Å². The Bertz CT molecular complexity index is 941. The van der Waals surface area contributed by atoms with Crippen LogP contribution in [0.4, 0.5) is 5.82 Å². The lowest BCUT2D eigenvalue weighted by Crippen LogP contribution is -2.49. The summed E-state index contributed by atoms with van der Waals surface area (Å²) < 4.78 is 2.03. The largest absolute Gasteiger partial charge is 0.353 e. The fourth-order valence-corrected chi connectivity index (χ4v) is 4.59. The van der Waals surface area contributed by atoms with E-state index in [1.54, 1.807) is 17.5 Å². The van der Waals surface area contributed by atoms with Gasteiger partial charge in [-0.3, -0.25) is 4.79 Å². The highest BCUT2D eigenvalue weighted by Crippen LogP contribution is 2.32. The molecule has 0 aliphatic carbocycles. The van der Waals surface area contributed by atoms with Gasteiger partial charge in [0.05, 0.1) is 10.6 Å². The van der Waals surface area contributed by atoms with E-state index in [4.69, 9.17) is 11.6 Å². The van der Waals surface area contributed by atoms with Crippen LogP contribution < -0.4 is 4.90 Å². The Morgan fingerprint density at radius 2 is 1.81 bits per heavy atom. The number of anilines is 1. The Balaban J connectivity index is 1.53. The van der Waals surface area contributed by atoms with Gasteiger partial charge in [0.1, 0.15) is 10.8 Å². The number of carbonyl (C=O) groups is 1. The van der Waals surface area contributed by atoms with Crippen molar-refractivity contribution in [3.8, 4) is 5.00 Å². The highest BCUT2D eigenvalue weighted by atomic mass is 35.5. The lowest BCUT2D eigenvalue weighted by atomic mass is 10.1. The number of carbonyl (C=O) groups excluding carboxylic acids is 1. The van der Waals surface area contributed by atoms with Crippen LogP contribution in [-0.4, -0.2) is 46.5 Å². The number of pyridine rings is 1. The number of hydrogen-bond donors (Lipinski definition) is 0. The van der Waals surface area contributed by atoms with Crippen molar-refractivity contribution in [1.82, 2.24) is 14.5 Å². The number of piperazine rings is 1. The summed E-state index contributed by atoms with van der Waals surface area (Å²) in [4.78, 5) is 23.0. The second-order valence-corrected chi connectivity index (χ2v) is 8.31. The molecule has 27 heavy (non-hydrogen) atoms. The first-order valence-electron chi connectivity index (χ1n) is 8.93. The standard InChI is InChI=1S/C20H21ClN4OS/c1-14-15(2)27-20(25-7-3-4-8-25)18(14)19(26)24-11-9-23(10-12-24)17-6-5-16(21)13-22-17/h3-8,13H,9-12H2,1-2H3. The number of thiophene rings is 1. The molecule has 1 amide bonds. The van der Waals surface area contributed by atoms with Gasteiger partial charge >= 0.3 is 0 Å². The van der Waals surface area contributed by atoms with Crippen molar-refractivity contribution in [2.45, 2.75) is 13.8 Å². The van der Waals surface area contributed by atoms with Gasteiger partial charge in [-0.25, -0.2) is 4.98 Å². The molecule has 3 aromatic rings. The maximum Gasteiger partial charge on any atom is 0.257 e. The van der Waals surface area contributed by atoms with Gasteiger partial charge in [0.2, 0.25) is 0 Å². The minimum atomic E-state index is 0.115. The number of amides is 1. The molecule has 1 saturated heterocycles. The molecule has 1 aliphatic heterocycles. The molecule has 0 aromatic carbocycles. The lowest BCUT2D eigenvalue weighted by molar-refractivity contribution is 0.0746. The zero-order valence-electron chi connectivity index (χ0n) is 15.4. The molecule has 1 aliphatic rings. The average Bonchev–Trinajstić information content (AvgIpc) is 3.31. The summed E-state index contributed by atoms with van der Waals surface area (Å²) in [6.45, 7) is 7.02. The predicted octanol–water partition coefficient (Wildman–Crippen LogP) is 4.17. The first-order valence-corrected chi connectivity index (χ1v) is 10.1. The van der Waals surface area contributed by atoms with Crippen LogP contribution in [0.5, 0.6) is 0 Å². The Hall–Kier alpha value is -2.31. The van der Waals surface area contributed by atoms with E-state index >= 15 is 0 Å². The molecule has 7 heteroatoms. The molecule has 140 valence electrons. The topological polar surface area (TPSA) is 41.4 Å². The molecule has 4 rings (SSSR count). The van der Waals surface area contributed by atoms with E-state index in [2.05, 4.69) is 16.8 Å². The summed E-state index contributed by atoms with van der Waals surface area (Å²) in [5, 5.41) is 1.63. The van der Waals surface area contributed by atoms with E-state index in [0.29, 0.717) is 18.1 Å². The minimum absolute atomic E-state index is 0.115. The van der Waals surface area contributed by atoms with Gasteiger partial charge < -0.3 is 14.4 Å². The number of aryl methyl sites for hydroxylation is 1. The minimum Gasteiger partial charge on any atom is -0.353 e. The summed E-state index contributed by atoms with van der Waals surface area (Å²) >= 11 is 7.59. The van der Waals surface area contributed by atoms with Gasteiger partial charge in [-0.15, -0.1) is 11.3 Å². The first kappa shape index (κ1) is 18.1. The number of rotatable bonds is 3. The van der Waals surface area contributed by atoms with Gasteiger partial charge in [-0.1, -0.05) is 11.6 Å². The van der Waals surface area contributed by atoms with Crippen LogP contribution in [0.1, 0.15) is 20.8 Å². The second kappa shape index (κ2) is 7.37. The Morgan fingerprint density at radius 1 is 1.11 bits per heavy atom. The molecule has 0 radical (unpaired) electrons. The lowest BCUT2D eigenvalue weighted by Gasteiger charge is -2.35. The van der Waals surface area contributed by atoms with Crippen molar-refractivity contribution in [3.63, 3.8) is 0 Å². The van der Waals surface area contributed by atoms with Crippen molar-refractivity contribution in [2.75, 3.05) is 31.1 Å². The first-order chi connectivity index (χ1) is 13.0. The molecule has 3 aromatic heterocycles. The summed E-state index contributed by atoms with van der Waals surface area (Å²) in [5.74, 6) is 1.02. The quantitative estimate of drug-likeness (QED) is 0.662. The highest BCUT2D eigenvalue weighted by Gasteiger charge is 2.28. The second-order valence-electron chi connectivity index (χ2n) is 6.67. The van der Waals surface area contributed by atoms with Crippen LogP contribution in [0.15, 0.2) is 42.9 Å². The predicted molar refractivity (Wildman–Crippen MR) is 110 cm³/mol. The van der Waals surface area contributed by atoms with E-state index in [0.717, 1.165) is 35.0 Å². The zero-order valence-corrected chi connectivity index (χ0v) is 16.9. The summed E-state index contributed by atoms with van der Waals surface area (Å²) in [7, 11) is 0. The molecule has 0 N–H and O–H groups in total. The van der Waals surface area contributed by atoms with Gasteiger partial charge in [-0.2, -0.15) is 0 Å². The normalized spacial score (nSPS) is 14.6. The smallest absolute Gasteiger partial charge is 0.257 e. The van der Waals surface area contributed by atoms with Crippen LogP contribution in [0.25, 0.3) is 5.00 Å². The number of aromatic nitrogens is 2. The van der Waals surface area contributed by atoms with Crippen LogP contribution in [0, 0.1) is 13.8 Å². The fraction of sp³-hybridized carbons (Fsp3) is 0.300. The fourth-order valence-electron chi connectivity index (χ4n) is 3.36. The maximum atomic E-state index is 13.3. The molecule has 0 unspecified atom stereocenters. The van der Waals surface area contributed by atoms with E-state index in [1.165, 1.54) is 4.88 Å². The maximum absolute atomic E-state index is 13.3. The molecule has 1 fully saturated rings. The Morgan fingerprint density at radius 3 is 2.44 bits per heavy atom. The molecule has 0 spiro atoms. The van der Waals surface area contributed by atoms with Crippen molar-refractivity contribution in [2.24, 2.45) is 0 Å². The zero-order chi connectivity index (χ0) is 19.0. The van der Waals surface area contributed by atoms with Gasteiger partial charge in [-0.05, 0) is 43.7 Å². The van der Waals surface area contributed by atoms with Crippen molar-refractivity contribution >= 4 is 34.7 Å². The molecular weight excluding hydrogens is 380 g/mol. The van der Waals surface area contributed by atoms with Crippen LogP contribution in [0.2, 0.25) is 5.02 Å². The number of hydrogen-bond acceptors (Lipinski definition) is 4. The van der Waals surface area contributed by atoms with Gasteiger partial charge in [0, 0.05) is 49.6 Å². The van der Waals surface area contributed by atoms with E-state index < -0.39 is 0 Å². The van der Waals surface area contributed by atoms with E-state index in [-0.39, 0.29) is 5.91 Å². The molecule has 0 saturated carbocycles. The third-order valence-corrected chi connectivity index (χ3v) is 6.47. The summed E-state index contributed by atoms with van der Waals surface area (Å²) in [6, 6.07) is 7.74. The van der Waals surface area contributed by atoms with Crippen molar-refractivity contribution in [3.05, 3.63) is 63.9 Å². The van der Waals surface area contributed by atoms with Crippen LogP contribution in [0.3, 0.4) is 0 Å². The Labute approximate surface area is 167 Å². The SMILES string of the molecule is Cc1sc(-n2cccc2)c(C(=O)N2CCN(c3ccc(Cl)cn3)CC2)c1C. The van der Waals surface area contributed by atoms with Gasteiger partial charge in [0.15, 0.2) is 0 Å². The summed E-state index contributed by atoms with van der Waals surface area (Å²) in [6.07, 6.45) is 5.65. The van der Waals surface area contributed by atoms with Crippen molar-refractivity contribution < 1.29 is 4.79 Å². The van der Waals surface area contributed by atoms with Crippen LogP contribution in [-0.2, 0) is 0 Å². The third-order valence-electron chi connectivity index (χ3n) is 5.02. The molecule has 0 atom stereocenters. The number of nitrogens with zero attached hydrogens (tertiary/aromatic N) is 4. The monoisotopic (exact) mass is 400 g/mol.